The first kappa shape index (κ1) is 13.8. The monoisotopic (exact) mass is 279 g/mol. The summed E-state index contributed by atoms with van der Waals surface area (Å²) < 4.78 is 2.16. The van der Waals surface area contributed by atoms with Gasteiger partial charge in [0.25, 0.3) is 0 Å². The minimum absolute atomic E-state index is 0.0162. The Morgan fingerprint density at radius 1 is 1.10 bits per heavy atom. The maximum absolute atomic E-state index is 6.29. The number of fused-ring (bicyclic) bond motifs is 1. The summed E-state index contributed by atoms with van der Waals surface area (Å²) in [5, 5.41) is 2.56. The second kappa shape index (κ2) is 5.70. The molecule has 0 amide bonds. The van der Waals surface area contributed by atoms with E-state index in [2.05, 4.69) is 65.9 Å². The zero-order valence-electron chi connectivity index (χ0n) is 12.5. The predicted molar refractivity (Wildman–Crippen MR) is 87.0 cm³/mol. The second-order valence-corrected chi connectivity index (χ2v) is 5.85. The van der Waals surface area contributed by atoms with Crippen molar-refractivity contribution < 1.29 is 0 Å². The van der Waals surface area contributed by atoms with Gasteiger partial charge in [-0.15, -0.1) is 0 Å². The van der Waals surface area contributed by atoms with Gasteiger partial charge in [0, 0.05) is 18.8 Å². The lowest BCUT2D eigenvalue weighted by molar-refractivity contribution is 0.484. The standard InChI is InChI=1S/C18H21N3/c1-13(2)18(19)17-10-20-12-21(17)11-15-8-5-7-14-6-3-4-9-16(14)15/h3-10,12-13,18H,11,19H2,1-2H3. The Morgan fingerprint density at radius 3 is 2.67 bits per heavy atom. The van der Waals surface area contributed by atoms with E-state index in [1.807, 2.05) is 12.5 Å². The number of hydrogen-bond acceptors (Lipinski definition) is 2. The quantitative estimate of drug-likeness (QED) is 0.790. The molecule has 1 aromatic heterocycles. The molecule has 2 aromatic carbocycles. The molecular formula is C18H21N3. The van der Waals surface area contributed by atoms with Crippen molar-refractivity contribution in [3.8, 4) is 0 Å². The van der Waals surface area contributed by atoms with Gasteiger partial charge in [-0.3, -0.25) is 0 Å². The van der Waals surface area contributed by atoms with Gasteiger partial charge in [-0.25, -0.2) is 4.98 Å². The van der Waals surface area contributed by atoms with E-state index in [-0.39, 0.29) is 6.04 Å². The molecule has 3 aromatic rings. The van der Waals surface area contributed by atoms with Crippen LogP contribution in [0.3, 0.4) is 0 Å². The highest BCUT2D eigenvalue weighted by Crippen LogP contribution is 2.23. The summed E-state index contributed by atoms with van der Waals surface area (Å²) in [7, 11) is 0. The van der Waals surface area contributed by atoms with Crippen molar-refractivity contribution in [2.24, 2.45) is 11.7 Å². The number of hydrogen-bond donors (Lipinski definition) is 1. The molecular weight excluding hydrogens is 258 g/mol. The fourth-order valence-corrected chi connectivity index (χ4v) is 2.70. The van der Waals surface area contributed by atoms with Crippen LogP contribution in [0.5, 0.6) is 0 Å². The lowest BCUT2D eigenvalue weighted by Gasteiger charge is -2.18. The first-order valence-electron chi connectivity index (χ1n) is 7.39. The van der Waals surface area contributed by atoms with Gasteiger partial charge in [-0.2, -0.15) is 0 Å². The predicted octanol–water partition coefficient (Wildman–Crippen LogP) is 3.74. The molecule has 1 heterocycles. The van der Waals surface area contributed by atoms with E-state index in [4.69, 9.17) is 5.73 Å². The van der Waals surface area contributed by atoms with Crippen LogP contribution in [0.25, 0.3) is 10.8 Å². The number of aromatic nitrogens is 2. The summed E-state index contributed by atoms with van der Waals surface area (Å²) in [6.07, 6.45) is 3.76. The first-order chi connectivity index (χ1) is 10.2. The molecule has 3 nitrogen and oxygen atoms in total. The largest absolute Gasteiger partial charge is 0.329 e. The van der Waals surface area contributed by atoms with E-state index < -0.39 is 0 Å². The van der Waals surface area contributed by atoms with Crippen molar-refractivity contribution in [2.75, 3.05) is 0 Å². The topological polar surface area (TPSA) is 43.8 Å². The van der Waals surface area contributed by atoms with E-state index >= 15 is 0 Å². The average Bonchev–Trinajstić information content (AvgIpc) is 2.95. The zero-order valence-corrected chi connectivity index (χ0v) is 12.5. The van der Waals surface area contributed by atoms with Crippen LogP contribution in [-0.4, -0.2) is 9.55 Å². The van der Waals surface area contributed by atoms with Crippen LogP contribution in [0.2, 0.25) is 0 Å². The third-order valence-corrected chi connectivity index (χ3v) is 4.02. The van der Waals surface area contributed by atoms with Crippen LogP contribution in [0, 0.1) is 5.92 Å². The molecule has 0 saturated heterocycles. The molecule has 3 heteroatoms. The van der Waals surface area contributed by atoms with Crippen LogP contribution in [0.4, 0.5) is 0 Å². The van der Waals surface area contributed by atoms with Gasteiger partial charge >= 0.3 is 0 Å². The molecule has 21 heavy (non-hydrogen) atoms. The molecule has 3 rings (SSSR count). The highest BCUT2D eigenvalue weighted by molar-refractivity contribution is 5.85. The summed E-state index contributed by atoms with van der Waals surface area (Å²) >= 11 is 0. The number of nitrogens with two attached hydrogens (primary N) is 1. The van der Waals surface area contributed by atoms with E-state index in [9.17, 15) is 0 Å². The van der Waals surface area contributed by atoms with Crippen LogP contribution in [0.1, 0.15) is 31.1 Å². The number of benzene rings is 2. The van der Waals surface area contributed by atoms with Gasteiger partial charge in [0.15, 0.2) is 0 Å². The molecule has 0 aliphatic heterocycles. The van der Waals surface area contributed by atoms with Gasteiger partial charge < -0.3 is 10.3 Å². The molecule has 2 N–H and O–H groups in total. The van der Waals surface area contributed by atoms with E-state index in [1.54, 1.807) is 0 Å². The highest BCUT2D eigenvalue weighted by atomic mass is 15.1. The van der Waals surface area contributed by atoms with Gasteiger partial charge in [-0.05, 0) is 22.3 Å². The Hall–Kier alpha value is -2.13. The van der Waals surface area contributed by atoms with E-state index in [0.29, 0.717) is 5.92 Å². The maximum Gasteiger partial charge on any atom is 0.0951 e. The Bertz CT molecular complexity index is 738. The average molecular weight is 279 g/mol. The molecule has 1 unspecified atom stereocenters. The summed E-state index contributed by atoms with van der Waals surface area (Å²) in [5.74, 6) is 0.396. The lowest BCUT2D eigenvalue weighted by Crippen LogP contribution is -2.20. The number of rotatable bonds is 4. The fraction of sp³-hybridized carbons (Fsp3) is 0.278. The Labute approximate surface area is 125 Å². The molecule has 0 saturated carbocycles. The summed E-state index contributed by atoms with van der Waals surface area (Å²) in [6, 6.07) is 14.9. The van der Waals surface area contributed by atoms with Crippen molar-refractivity contribution >= 4 is 10.8 Å². The molecule has 0 spiro atoms. The van der Waals surface area contributed by atoms with Crippen LogP contribution < -0.4 is 5.73 Å². The Morgan fingerprint density at radius 2 is 1.86 bits per heavy atom. The third kappa shape index (κ3) is 2.69. The number of imidazole rings is 1. The molecule has 0 aliphatic rings. The lowest BCUT2D eigenvalue weighted by atomic mass is 10.0. The summed E-state index contributed by atoms with van der Waals surface area (Å²) in [4.78, 5) is 4.28. The molecule has 0 radical (unpaired) electrons. The van der Waals surface area contributed by atoms with Gasteiger partial charge in [0.2, 0.25) is 0 Å². The Balaban J connectivity index is 1.98. The Kier molecular flexibility index (Phi) is 3.76. The van der Waals surface area contributed by atoms with Crippen LogP contribution in [0.15, 0.2) is 55.0 Å². The van der Waals surface area contributed by atoms with Gasteiger partial charge in [0.1, 0.15) is 0 Å². The highest BCUT2D eigenvalue weighted by Gasteiger charge is 2.15. The molecule has 108 valence electrons. The maximum atomic E-state index is 6.29. The minimum Gasteiger partial charge on any atom is -0.329 e. The zero-order chi connectivity index (χ0) is 14.8. The van der Waals surface area contributed by atoms with Crippen molar-refractivity contribution in [1.29, 1.82) is 0 Å². The SMILES string of the molecule is CC(C)C(N)c1cncn1Cc1cccc2ccccc12. The van der Waals surface area contributed by atoms with Crippen LogP contribution in [-0.2, 0) is 6.54 Å². The molecule has 1 atom stereocenters. The van der Waals surface area contributed by atoms with Crippen LogP contribution >= 0.6 is 0 Å². The van der Waals surface area contributed by atoms with Crippen molar-refractivity contribution in [1.82, 2.24) is 9.55 Å². The molecule has 0 aliphatic carbocycles. The third-order valence-electron chi connectivity index (χ3n) is 4.02. The fourth-order valence-electron chi connectivity index (χ4n) is 2.70. The van der Waals surface area contributed by atoms with Crippen molar-refractivity contribution in [2.45, 2.75) is 26.4 Å². The smallest absolute Gasteiger partial charge is 0.0951 e. The van der Waals surface area contributed by atoms with Gasteiger partial charge in [0.05, 0.1) is 12.0 Å². The minimum atomic E-state index is 0.0162. The van der Waals surface area contributed by atoms with Crippen molar-refractivity contribution in [3.05, 3.63) is 66.2 Å². The summed E-state index contributed by atoms with van der Waals surface area (Å²) in [5.41, 5.74) is 8.68. The van der Waals surface area contributed by atoms with E-state index in [0.717, 1.165) is 12.2 Å². The summed E-state index contributed by atoms with van der Waals surface area (Å²) in [6.45, 7) is 5.08. The first-order valence-corrected chi connectivity index (χ1v) is 7.39. The van der Waals surface area contributed by atoms with Crippen molar-refractivity contribution in [3.63, 3.8) is 0 Å². The molecule has 0 fully saturated rings. The molecule has 0 bridgehead atoms. The van der Waals surface area contributed by atoms with Gasteiger partial charge in [-0.1, -0.05) is 56.3 Å². The normalized spacial score (nSPS) is 13.0. The van der Waals surface area contributed by atoms with E-state index in [1.165, 1.54) is 16.3 Å². The second-order valence-electron chi connectivity index (χ2n) is 5.85. The number of nitrogens with zero attached hydrogens (tertiary/aromatic N) is 2.